The summed E-state index contributed by atoms with van der Waals surface area (Å²) in [5, 5.41) is 8.06. The first-order valence-electron chi connectivity index (χ1n) is 3.57. The van der Waals surface area contributed by atoms with Crippen LogP contribution in [0.3, 0.4) is 0 Å². The van der Waals surface area contributed by atoms with E-state index < -0.39 is 11.8 Å². The van der Waals surface area contributed by atoms with Crippen molar-refractivity contribution in [2.24, 2.45) is 0 Å². The molecule has 0 radical (unpaired) electrons. The van der Waals surface area contributed by atoms with Crippen LogP contribution in [0.1, 0.15) is 5.56 Å². The van der Waals surface area contributed by atoms with Gasteiger partial charge in [0.15, 0.2) is 5.82 Å². The van der Waals surface area contributed by atoms with Crippen LogP contribution in [-0.2, 0) is 4.79 Å². The summed E-state index contributed by atoms with van der Waals surface area (Å²) >= 11 is 11.0. The van der Waals surface area contributed by atoms with E-state index in [0.29, 0.717) is 0 Å². The van der Waals surface area contributed by atoms with Gasteiger partial charge in [0.2, 0.25) is 0 Å². The predicted octanol–water partition coefficient (Wildman–Crippen LogP) is 3.23. The number of rotatable bonds is 2. The number of halogens is 3. The third kappa shape index (κ3) is 2.47. The third-order valence-electron chi connectivity index (χ3n) is 1.47. The zero-order valence-corrected chi connectivity index (χ0v) is 8.31. The van der Waals surface area contributed by atoms with Gasteiger partial charge in [-0.3, -0.25) is 0 Å². The third-order valence-corrected chi connectivity index (χ3v) is 2.15. The zero-order chi connectivity index (χ0) is 10.7. The molecule has 0 heterocycles. The monoisotopic (exact) mass is 234 g/mol. The topological polar surface area (TPSA) is 37.3 Å². The van der Waals surface area contributed by atoms with Crippen LogP contribution in [0.25, 0.3) is 6.08 Å². The molecule has 1 aromatic carbocycles. The van der Waals surface area contributed by atoms with Crippen molar-refractivity contribution in [3.63, 3.8) is 0 Å². The molecule has 0 aromatic heterocycles. The van der Waals surface area contributed by atoms with Gasteiger partial charge in [-0.15, -0.1) is 0 Å². The predicted molar refractivity (Wildman–Crippen MR) is 53.1 cm³/mol. The number of carboxylic acids is 1. The van der Waals surface area contributed by atoms with Gasteiger partial charge in [0, 0.05) is 6.08 Å². The second-order valence-corrected chi connectivity index (χ2v) is 3.22. The molecular weight excluding hydrogens is 230 g/mol. The first kappa shape index (κ1) is 11.0. The molecule has 1 aromatic rings. The SMILES string of the molecule is O=C(O)C=Cc1ccc(Cl)c(F)c1Cl. The van der Waals surface area contributed by atoms with E-state index in [9.17, 15) is 9.18 Å². The molecule has 0 bridgehead atoms. The normalized spacial score (nSPS) is 10.8. The Bertz CT molecular complexity index is 402. The highest BCUT2D eigenvalue weighted by Crippen LogP contribution is 2.27. The van der Waals surface area contributed by atoms with Crippen LogP contribution in [0, 0.1) is 5.82 Å². The van der Waals surface area contributed by atoms with E-state index >= 15 is 0 Å². The average Bonchev–Trinajstić information content (AvgIpc) is 2.13. The molecular formula is C9H5Cl2FO2. The highest BCUT2D eigenvalue weighted by Gasteiger charge is 2.08. The van der Waals surface area contributed by atoms with Gasteiger partial charge < -0.3 is 5.11 Å². The van der Waals surface area contributed by atoms with Gasteiger partial charge in [-0.2, -0.15) is 0 Å². The van der Waals surface area contributed by atoms with Gasteiger partial charge in [-0.1, -0.05) is 29.3 Å². The summed E-state index contributed by atoms with van der Waals surface area (Å²) < 4.78 is 13.1. The summed E-state index contributed by atoms with van der Waals surface area (Å²) in [5.41, 5.74) is 0.274. The van der Waals surface area contributed by atoms with Gasteiger partial charge in [0.1, 0.15) is 0 Å². The molecule has 74 valence electrons. The lowest BCUT2D eigenvalue weighted by molar-refractivity contribution is -0.131. The van der Waals surface area contributed by atoms with Crippen molar-refractivity contribution >= 4 is 35.2 Å². The van der Waals surface area contributed by atoms with E-state index in [2.05, 4.69) is 0 Å². The Kier molecular flexibility index (Phi) is 3.49. The van der Waals surface area contributed by atoms with Crippen molar-refractivity contribution in [1.82, 2.24) is 0 Å². The maximum Gasteiger partial charge on any atom is 0.328 e. The molecule has 1 rings (SSSR count). The van der Waals surface area contributed by atoms with Crippen molar-refractivity contribution in [1.29, 1.82) is 0 Å². The first-order valence-corrected chi connectivity index (χ1v) is 4.32. The molecule has 14 heavy (non-hydrogen) atoms. The minimum atomic E-state index is -1.13. The second-order valence-electron chi connectivity index (χ2n) is 2.44. The van der Waals surface area contributed by atoms with Crippen LogP contribution in [-0.4, -0.2) is 11.1 Å². The number of hydrogen-bond acceptors (Lipinski definition) is 1. The molecule has 0 saturated carbocycles. The van der Waals surface area contributed by atoms with Gasteiger partial charge in [0.25, 0.3) is 0 Å². The average molecular weight is 235 g/mol. The fourth-order valence-electron chi connectivity index (χ4n) is 0.831. The Labute approximate surface area is 89.6 Å². The molecule has 0 atom stereocenters. The Morgan fingerprint density at radius 3 is 2.64 bits per heavy atom. The second kappa shape index (κ2) is 4.44. The number of benzene rings is 1. The molecule has 0 aliphatic carbocycles. The summed E-state index contributed by atoms with van der Waals surface area (Å²) in [5.74, 6) is -1.88. The van der Waals surface area contributed by atoms with Crippen molar-refractivity contribution in [2.45, 2.75) is 0 Å². The van der Waals surface area contributed by atoms with E-state index in [0.717, 1.165) is 6.08 Å². The summed E-state index contributed by atoms with van der Waals surface area (Å²) in [7, 11) is 0. The smallest absolute Gasteiger partial charge is 0.328 e. The highest BCUT2D eigenvalue weighted by atomic mass is 35.5. The summed E-state index contributed by atoms with van der Waals surface area (Å²) in [6.45, 7) is 0. The molecule has 1 N–H and O–H groups in total. The molecule has 0 spiro atoms. The van der Waals surface area contributed by atoms with Gasteiger partial charge >= 0.3 is 5.97 Å². The highest BCUT2D eigenvalue weighted by molar-refractivity contribution is 6.35. The molecule has 5 heteroatoms. The first-order chi connectivity index (χ1) is 6.52. The quantitative estimate of drug-likeness (QED) is 0.631. The molecule has 0 unspecified atom stereocenters. The minimum absolute atomic E-state index is 0.0949. The zero-order valence-electron chi connectivity index (χ0n) is 6.80. The van der Waals surface area contributed by atoms with Crippen molar-refractivity contribution < 1.29 is 14.3 Å². The van der Waals surface area contributed by atoms with Gasteiger partial charge in [0.05, 0.1) is 10.0 Å². The van der Waals surface area contributed by atoms with Gasteiger partial charge in [-0.25, -0.2) is 9.18 Å². The van der Waals surface area contributed by atoms with Crippen molar-refractivity contribution in [2.75, 3.05) is 0 Å². The fraction of sp³-hybridized carbons (Fsp3) is 0. The van der Waals surface area contributed by atoms with Gasteiger partial charge in [-0.05, 0) is 17.7 Å². The van der Waals surface area contributed by atoms with E-state index in [4.69, 9.17) is 28.3 Å². The van der Waals surface area contributed by atoms with Crippen molar-refractivity contribution in [3.05, 3.63) is 39.6 Å². The fourth-order valence-corrected chi connectivity index (χ4v) is 1.26. The van der Waals surface area contributed by atoms with Crippen LogP contribution >= 0.6 is 23.2 Å². The Morgan fingerprint density at radius 2 is 2.07 bits per heavy atom. The Hall–Kier alpha value is -1.06. The molecule has 0 fully saturated rings. The lowest BCUT2D eigenvalue weighted by Gasteiger charge is -2.00. The van der Waals surface area contributed by atoms with E-state index in [-0.39, 0.29) is 15.6 Å². The number of carbonyl (C=O) groups is 1. The molecule has 0 amide bonds. The van der Waals surface area contributed by atoms with Crippen LogP contribution in [0.4, 0.5) is 4.39 Å². The van der Waals surface area contributed by atoms with E-state index in [1.165, 1.54) is 18.2 Å². The molecule has 0 aliphatic heterocycles. The summed E-state index contributed by atoms with van der Waals surface area (Å²) in [6.07, 6.45) is 2.07. The maximum atomic E-state index is 13.1. The number of hydrogen-bond donors (Lipinski definition) is 1. The standard InChI is InChI=1S/C9H5Cl2FO2/c10-6-3-1-5(2-4-7(13)14)8(11)9(6)12/h1-4H,(H,13,14). The van der Waals surface area contributed by atoms with Crippen LogP contribution < -0.4 is 0 Å². The minimum Gasteiger partial charge on any atom is -0.478 e. The summed E-state index contributed by atoms with van der Waals surface area (Å²) in [6, 6.07) is 2.75. The number of aliphatic carboxylic acids is 1. The lowest BCUT2D eigenvalue weighted by Crippen LogP contribution is -1.88. The lowest BCUT2D eigenvalue weighted by atomic mass is 10.2. The van der Waals surface area contributed by atoms with Crippen LogP contribution in [0.15, 0.2) is 18.2 Å². The number of carboxylic acid groups (broad SMARTS) is 1. The van der Waals surface area contributed by atoms with Crippen molar-refractivity contribution in [3.8, 4) is 0 Å². The maximum absolute atomic E-state index is 13.1. The van der Waals surface area contributed by atoms with E-state index in [1.807, 2.05) is 0 Å². The molecule has 0 saturated heterocycles. The molecule has 0 aliphatic rings. The largest absolute Gasteiger partial charge is 0.478 e. The van der Waals surface area contributed by atoms with E-state index in [1.54, 1.807) is 0 Å². The van der Waals surface area contributed by atoms with Crippen LogP contribution in [0.5, 0.6) is 0 Å². The van der Waals surface area contributed by atoms with Crippen LogP contribution in [0.2, 0.25) is 10.0 Å². The molecule has 2 nitrogen and oxygen atoms in total. The Balaban J connectivity index is 3.12. The summed E-state index contributed by atoms with van der Waals surface area (Å²) in [4.78, 5) is 10.2. The Morgan fingerprint density at radius 1 is 1.43 bits per heavy atom.